The van der Waals surface area contributed by atoms with Crippen LogP contribution >= 0.6 is 23.8 Å². The van der Waals surface area contributed by atoms with Crippen molar-refractivity contribution >= 4 is 44.5 Å². The van der Waals surface area contributed by atoms with E-state index in [0.717, 1.165) is 17.8 Å². The Kier molecular flexibility index (Phi) is 5.92. The third-order valence-corrected chi connectivity index (χ3v) is 6.39. The lowest BCUT2D eigenvalue weighted by molar-refractivity contribution is 0.303. The molecule has 1 heterocycles. The van der Waals surface area contributed by atoms with Crippen molar-refractivity contribution in [2.75, 3.05) is 23.4 Å². The van der Waals surface area contributed by atoms with Gasteiger partial charge in [-0.25, -0.2) is 8.42 Å². The van der Waals surface area contributed by atoms with Crippen LogP contribution in [-0.4, -0.2) is 42.5 Å². The van der Waals surface area contributed by atoms with Crippen LogP contribution in [0.15, 0.2) is 18.2 Å². The Labute approximate surface area is 149 Å². The molecule has 1 atom stereocenters. The molecule has 0 amide bonds. The summed E-state index contributed by atoms with van der Waals surface area (Å²) < 4.78 is 23.6. The van der Waals surface area contributed by atoms with E-state index in [2.05, 4.69) is 19.2 Å². The predicted octanol–water partition coefficient (Wildman–Crippen LogP) is 3.49. The third-order valence-electron chi connectivity index (χ3n) is 3.89. The minimum atomic E-state index is -2.95. The number of sulfone groups is 1. The molecule has 1 aromatic rings. The number of halogens is 1. The van der Waals surface area contributed by atoms with Crippen LogP contribution in [0, 0.1) is 12.8 Å². The molecule has 0 saturated carbocycles. The van der Waals surface area contributed by atoms with Gasteiger partial charge in [-0.15, -0.1) is 0 Å². The number of benzene rings is 1. The SMILES string of the molecule is Cc1ccc(NC(=S)N(CC(C)C)[C@H]2CCS(=O)(=O)C2)cc1Cl. The standard InChI is InChI=1S/C16H23ClN2O2S2/c1-11(2)9-19(14-6-7-23(20,21)10-14)16(22)18-13-5-4-12(3)15(17)8-13/h4-5,8,11,14H,6-7,9-10H2,1-3H3,(H,18,22)/t14-/m0/s1. The molecule has 1 saturated heterocycles. The molecule has 0 radical (unpaired) electrons. The Hall–Kier alpha value is -0.850. The van der Waals surface area contributed by atoms with Crippen LogP contribution in [0.4, 0.5) is 5.69 Å². The van der Waals surface area contributed by atoms with Crippen molar-refractivity contribution in [3.8, 4) is 0 Å². The Balaban J connectivity index is 2.14. The molecule has 1 aliphatic heterocycles. The summed E-state index contributed by atoms with van der Waals surface area (Å²) in [5, 5.41) is 4.43. The van der Waals surface area contributed by atoms with Crippen molar-refractivity contribution in [1.82, 2.24) is 4.90 Å². The molecule has 0 aromatic heterocycles. The second kappa shape index (κ2) is 7.36. The van der Waals surface area contributed by atoms with Crippen LogP contribution in [-0.2, 0) is 9.84 Å². The highest BCUT2D eigenvalue weighted by molar-refractivity contribution is 7.91. The number of hydrogen-bond donors (Lipinski definition) is 1. The number of anilines is 1. The molecule has 1 aromatic carbocycles. The summed E-state index contributed by atoms with van der Waals surface area (Å²) >= 11 is 11.7. The van der Waals surface area contributed by atoms with Gasteiger partial charge in [0, 0.05) is 23.3 Å². The maximum absolute atomic E-state index is 11.8. The number of nitrogens with zero attached hydrogens (tertiary/aromatic N) is 1. The summed E-state index contributed by atoms with van der Waals surface area (Å²) in [6, 6.07) is 5.64. The average Bonchev–Trinajstić information content (AvgIpc) is 2.80. The largest absolute Gasteiger partial charge is 0.345 e. The fourth-order valence-electron chi connectivity index (χ4n) is 2.68. The lowest BCUT2D eigenvalue weighted by Gasteiger charge is -2.32. The Morgan fingerprint density at radius 1 is 1.48 bits per heavy atom. The highest BCUT2D eigenvalue weighted by Crippen LogP contribution is 2.23. The smallest absolute Gasteiger partial charge is 0.173 e. The minimum absolute atomic E-state index is 0.0525. The molecule has 1 fully saturated rings. The predicted molar refractivity (Wildman–Crippen MR) is 101 cm³/mol. The summed E-state index contributed by atoms with van der Waals surface area (Å²) in [5.74, 6) is 0.807. The quantitative estimate of drug-likeness (QED) is 0.817. The van der Waals surface area contributed by atoms with E-state index >= 15 is 0 Å². The Morgan fingerprint density at radius 2 is 2.17 bits per heavy atom. The number of aryl methyl sites for hydroxylation is 1. The van der Waals surface area contributed by atoms with Gasteiger partial charge >= 0.3 is 0 Å². The van der Waals surface area contributed by atoms with Gasteiger partial charge in [-0.1, -0.05) is 31.5 Å². The van der Waals surface area contributed by atoms with E-state index in [1.54, 1.807) is 0 Å². The first-order chi connectivity index (χ1) is 10.7. The molecule has 0 spiro atoms. The molecule has 0 aliphatic carbocycles. The van der Waals surface area contributed by atoms with E-state index in [0.29, 0.717) is 22.5 Å². The summed E-state index contributed by atoms with van der Waals surface area (Å²) in [6.45, 7) is 6.87. The van der Waals surface area contributed by atoms with Crippen LogP contribution in [0.2, 0.25) is 5.02 Å². The van der Waals surface area contributed by atoms with Gasteiger partial charge in [-0.05, 0) is 49.2 Å². The molecular formula is C16H23ClN2O2S2. The summed E-state index contributed by atoms with van der Waals surface area (Å²) in [7, 11) is -2.95. The van der Waals surface area contributed by atoms with Gasteiger partial charge in [0.15, 0.2) is 14.9 Å². The molecule has 1 N–H and O–H groups in total. The molecule has 23 heavy (non-hydrogen) atoms. The molecular weight excluding hydrogens is 352 g/mol. The van der Waals surface area contributed by atoms with Gasteiger partial charge in [0.05, 0.1) is 11.5 Å². The topological polar surface area (TPSA) is 49.4 Å². The highest BCUT2D eigenvalue weighted by Gasteiger charge is 2.33. The number of rotatable bonds is 4. The summed E-state index contributed by atoms with van der Waals surface area (Å²) in [5.41, 5.74) is 1.82. The van der Waals surface area contributed by atoms with Crippen LogP contribution < -0.4 is 5.32 Å². The number of thiocarbonyl (C=S) groups is 1. The molecule has 7 heteroatoms. The second-order valence-electron chi connectivity index (χ2n) is 6.50. The lowest BCUT2D eigenvalue weighted by atomic mass is 10.1. The average molecular weight is 375 g/mol. The van der Waals surface area contributed by atoms with Gasteiger partial charge < -0.3 is 10.2 Å². The van der Waals surface area contributed by atoms with E-state index in [1.807, 2.05) is 30.0 Å². The van der Waals surface area contributed by atoms with Gasteiger partial charge in [0.2, 0.25) is 0 Å². The Morgan fingerprint density at radius 3 is 2.70 bits per heavy atom. The zero-order chi connectivity index (χ0) is 17.2. The van der Waals surface area contributed by atoms with E-state index in [1.165, 1.54) is 0 Å². The zero-order valence-electron chi connectivity index (χ0n) is 13.7. The normalized spacial score (nSPS) is 19.8. The Bertz CT molecular complexity index is 689. The van der Waals surface area contributed by atoms with Crippen molar-refractivity contribution in [1.29, 1.82) is 0 Å². The highest BCUT2D eigenvalue weighted by atomic mass is 35.5. The van der Waals surface area contributed by atoms with Crippen molar-refractivity contribution in [2.45, 2.75) is 33.2 Å². The lowest BCUT2D eigenvalue weighted by Crippen LogP contribution is -2.45. The maximum Gasteiger partial charge on any atom is 0.173 e. The van der Waals surface area contributed by atoms with Crippen molar-refractivity contribution in [3.05, 3.63) is 28.8 Å². The molecule has 1 aliphatic rings. The molecule has 0 bridgehead atoms. The van der Waals surface area contributed by atoms with Crippen molar-refractivity contribution < 1.29 is 8.42 Å². The van der Waals surface area contributed by atoms with Gasteiger partial charge in [0.1, 0.15) is 0 Å². The fourth-order valence-corrected chi connectivity index (χ4v) is 4.93. The first kappa shape index (κ1) is 18.5. The first-order valence-corrected chi connectivity index (χ1v) is 10.3. The molecule has 2 rings (SSSR count). The number of hydrogen-bond acceptors (Lipinski definition) is 3. The summed E-state index contributed by atoms with van der Waals surface area (Å²) in [6.07, 6.45) is 0.630. The van der Waals surface area contributed by atoms with Crippen LogP contribution in [0.25, 0.3) is 0 Å². The zero-order valence-corrected chi connectivity index (χ0v) is 16.1. The van der Waals surface area contributed by atoms with E-state index < -0.39 is 9.84 Å². The third kappa shape index (κ3) is 5.06. The van der Waals surface area contributed by atoms with Crippen LogP contribution in [0.3, 0.4) is 0 Å². The fraction of sp³-hybridized carbons (Fsp3) is 0.562. The van der Waals surface area contributed by atoms with Gasteiger partial charge in [-0.2, -0.15) is 0 Å². The van der Waals surface area contributed by atoms with E-state index in [-0.39, 0.29) is 17.5 Å². The molecule has 0 unspecified atom stereocenters. The maximum atomic E-state index is 11.8. The first-order valence-electron chi connectivity index (χ1n) is 7.72. The van der Waals surface area contributed by atoms with E-state index in [4.69, 9.17) is 23.8 Å². The molecule has 128 valence electrons. The van der Waals surface area contributed by atoms with Crippen LogP contribution in [0.5, 0.6) is 0 Å². The minimum Gasteiger partial charge on any atom is -0.345 e. The van der Waals surface area contributed by atoms with Crippen molar-refractivity contribution in [2.24, 2.45) is 5.92 Å². The van der Waals surface area contributed by atoms with Gasteiger partial charge in [0.25, 0.3) is 0 Å². The summed E-state index contributed by atoms with van der Waals surface area (Å²) in [4.78, 5) is 2.01. The van der Waals surface area contributed by atoms with Crippen molar-refractivity contribution in [3.63, 3.8) is 0 Å². The van der Waals surface area contributed by atoms with Gasteiger partial charge in [-0.3, -0.25) is 0 Å². The molecule has 4 nitrogen and oxygen atoms in total. The second-order valence-corrected chi connectivity index (χ2v) is 9.52. The number of nitrogens with one attached hydrogen (secondary N) is 1. The van der Waals surface area contributed by atoms with Crippen LogP contribution in [0.1, 0.15) is 25.8 Å². The van der Waals surface area contributed by atoms with E-state index in [9.17, 15) is 8.42 Å². The monoisotopic (exact) mass is 374 g/mol.